The van der Waals surface area contributed by atoms with Crippen molar-refractivity contribution in [3.63, 3.8) is 0 Å². The van der Waals surface area contributed by atoms with Crippen molar-refractivity contribution in [2.24, 2.45) is 0 Å². The number of hydrogen-bond acceptors (Lipinski definition) is 4. The van der Waals surface area contributed by atoms with E-state index in [0.717, 1.165) is 10.0 Å². The van der Waals surface area contributed by atoms with E-state index >= 15 is 0 Å². The van der Waals surface area contributed by atoms with Crippen LogP contribution in [0.1, 0.15) is 15.9 Å². The molecule has 138 valence electrons. The highest BCUT2D eigenvalue weighted by molar-refractivity contribution is 9.10. The molecule has 0 spiro atoms. The average molecular weight is 449 g/mol. The zero-order valence-electron chi connectivity index (χ0n) is 14.1. The fourth-order valence-electron chi connectivity index (χ4n) is 2.32. The molecule has 0 aliphatic rings. The number of halogens is 2. The summed E-state index contributed by atoms with van der Waals surface area (Å²) >= 11 is 9.46. The van der Waals surface area contributed by atoms with Gasteiger partial charge in [0, 0.05) is 15.7 Å². The minimum atomic E-state index is -0.623. The Morgan fingerprint density at radius 1 is 1.15 bits per heavy atom. The van der Waals surface area contributed by atoms with E-state index < -0.39 is 18.5 Å². The van der Waals surface area contributed by atoms with E-state index in [9.17, 15) is 9.59 Å². The summed E-state index contributed by atoms with van der Waals surface area (Å²) in [5.74, 6) is -1.05. The number of aromatic nitrogens is 2. The van der Waals surface area contributed by atoms with Gasteiger partial charge in [-0.3, -0.25) is 9.48 Å². The van der Waals surface area contributed by atoms with Gasteiger partial charge in [0.1, 0.15) is 0 Å². The van der Waals surface area contributed by atoms with Crippen LogP contribution in [0.15, 0.2) is 65.4 Å². The molecule has 0 atom stereocenters. The SMILES string of the molecule is O=C(COC(=O)c1cnn(Cc2ccccc2Cl)c1)Nc1ccccc1Br. The second-order valence-electron chi connectivity index (χ2n) is 5.62. The van der Waals surface area contributed by atoms with Crippen molar-refractivity contribution in [2.45, 2.75) is 6.54 Å². The predicted octanol–water partition coefficient (Wildman–Crippen LogP) is 4.14. The molecule has 0 bridgehead atoms. The highest BCUT2D eigenvalue weighted by atomic mass is 79.9. The Labute approximate surface area is 169 Å². The number of carbonyl (C=O) groups excluding carboxylic acids is 2. The molecule has 0 saturated carbocycles. The first kappa shape index (κ1) is 19.1. The molecule has 3 aromatic rings. The van der Waals surface area contributed by atoms with E-state index in [0.29, 0.717) is 17.3 Å². The van der Waals surface area contributed by atoms with E-state index in [-0.39, 0.29) is 5.56 Å². The summed E-state index contributed by atoms with van der Waals surface area (Å²) in [6.45, 7) is 0.0331. The van der Waals surface area contributed by atoms with Crippen LogP contribution < -0.4 is 5.32 Å². The van der Waals surface area contributed by atoms with Crippen molar-refractivity contribution >= 4 is 45.1 Å². The fraction of sp³-hybridized carbons (Fsp3) is 0.105. The molecule has 0 radical (unpaired) electrons. The van der Waals surface area contributed by atoms with Crippen molar-refractivity contribution in [3.8, 4) is 0 Å². The molecule has 8 heteroatoms. The van der Waals surface area contributed by atoms with Crippen molar-refractivity contribution in [1.29, 1.82) is 0 Å². The number of ether oxygens (including phenoxy) is 1. The average Bonchev–Trinajstić information content (AvgIpc) is 3.12. The van der Waals surface area contributed by atoms with Gasteiger partial charge in [-0.25, -0.2) is 4.79 Å². The molecule has 0 aliphatic carbocycles. The smallest absolute Gasteiger partial charge is 0.341 e. The molecular formula is C19H15BrClN3O3. The Balaban J connectivity index is 1.54. The predicted molar refractivity (Wildman–Crippen MR) is 106 cm³/mol. The third kappa shape index (κ3) is 5.18. The number of rotatable bonds is 6. The number of esters is 1. The third-order valence-electron chi connectivity index (χ3n) is 3.64. The van der Waals surface area contributed by atoms with Crippen LogP contribution in [0, 0.1) is 0 Å². The summed E-state index contributed by atoms with van der Waals surface area (Å²) in [5.41, 5.74) is 1.75. The molecule has 0 aliphatic heterocycles. The Bertz CT molecular complexity index is 974. The number of benzene rings is 2. The highest BCUT2D eigenvalue weighted by Gasteiger charge is 2.14. The van der Waals surface area contributed by atoms with E-state index in [4.69, 9.17) is 16.3 Å². The molecule has 1 aromatic heterocycles. The van der Waals surface area contributed by atoms with Gasteiger partial charge in [-0.05, 0) is 39.7 Å². The number of para-hydroxylation sites is 1. The molecule has 2 aromatic carbocycles. The van der Waals surface area contributed by atoms with E-state index in [1.165, 1.54) is 6.20 Å². The Hall–Kier alpha value is -2.64. The molecule has 1 amide bonds. The quantitative estimate of drug-likeness (QED) is 0.575. The maximum absolute atomic E-state index is 12.1. The summed E-state index contributed by atoms with van der Waals surface area (Å²) in [7, 11) is 0. The van der Waals surface area contributed by atoms with Gasteiger partial charge in [-0.15, -0.1) is 0 Å². The normalized spacial score (nSPS) is 10.4. The number of carbonyl (C=O) groups is 2. The van der Waals surface area contributed by atoms with Crippen LogP contribution in [0.4, 0.5) is 5.69 Å². The van der Waals surface area contributed by atoms with Gasteiger partial charge < -0.3 is 10.1 Å². The summed E-state index contributed by atoms with van der Waals surface area (Å²) in [6, 6.07) is 14.6. The maximum Gasteiger partial charge on any atom is 0.341 e. The van der Waals surface area contributed by atoms with Gasteiger partial charge >= 0.3 is 5.97 Å². The molecule has 6 nitrogen and oxygen atoms in total. The number of amides is 1. The Kier molecular flexibility index (Phi) is 6.26. The monoisotopic (exact) mass is 447 g/mol. The topological polar surface area (TPSA) is 73.2 Å². The Morgan fingerprint density at radius 2 is 1.89 bits per heavy atom. The van der Waals surface area contributed by atoms with Crippen molar-refractivity contribution < 1.29 is 14.3 Å². The van der Waals surface area contributed by atoms with Crippen LogP contribution in [0.2, 0.25) is 5.02 Å². The summed E-state index contributed by atoms with van der Waals surface area (Å²) in [5, 5.41) is 7.42. The number of anilines is 1. The summed E-state index contributed by atoms with van der Waals surface area (Å²) in [6.07, 6.45) is 2.95. The zero-order valence-corrected chi connectivity index (χ0v) is 16.4. The maximum atomic E-state index is 12.1. The first-order valence-electron chi connectivity index (χ1n) is 8.00. The Morgan fingerprint density at radius 3 is 2.67 bits per heavy atom. The van der Waals surface area contributed by atoms with Gasteiger partial charge in [-0.1, -0.05) is 41.9 Å². The fourth-order valence-corrected chi connectivity index (χ4v) is 2.90. The largest absolute Gasteiger partial charge is 0.452 e. The van der Waals surface area contributed by atoms with Crippen LogP contribution in [-0.4, -0.2) is 28.3 Å². The van der Waals surface area contributed by atoms with Gasteiger partial charge in [0.15, 0.2) is 6.61 Å². The van der Waals surface area contributed by atoms with Crippen LogP contribution in [-0.2, 0) is 16.1 Å². The van der Waals surface area contributed by atoms with E-state index in [1.54, 1.807) is 35.1 Å². The van der Waals surface area contributed by atoms with Crippen LogP contribution in [0.25, 0.3) is 0 Å². The van der Waals surface area contributed by atoms with Crippen LogP contribution in [0.3, 0.4) is 0 Å². The molecule has 0 unspecified atom stereocenters. The number of nitrogens with zero attached hydrogens (tertiary/aromatic N) is 2. The second kappa shape index (κ2) is 8.83. The molecule has 0 fully saturated rings. The van der Waals surface area contributed by atoms with Crippen molar-refractivity contribution in [2.75, 3.05) is 11.9 Å². The molecule has 0 saturated heterocycles. The van der Waals surface area contributed by atoms with Gasteiger partial charge in [-0.2, -0.15) is 5.10 Å². The van der Waals surface area contributed by atoms with Gasteiger partial charge in [0.25, 0.3) is 5.91 Å². The van der Waals surface area contributed by atoms with Gasteiger partial charge in [0.05, 0.1) is 24.0 Å². The van der Waals surface area contributed by atoms with Crippen LogP contribution >= 0.6 is 27.5 Å². The summed E-state index contributed by atoms with van der Waals surface area (Å²) in [4.78, 5) is 24.0. The number of hydrogen-bond donors (Lipinski definition) is 1. The van der Waals surface area contributed by atoms with Crippen molar-refractivity contribution in [1.82, 2.24) is 9.78 Å². The molecule has 3 rings (SSSR count). The number of nitrogens with one attached hydrogen (secondary N) is 1. The minimum absolute atomic E-state index is 0.260. The highest BCUT2D eigenvalue weighted by Crippen LogP contribution is 2.21. The first-order valence-corrected chi connectivity index (χ1v) is 9.17. The first-order chi connectivity index (χ1) is 13.0. The van der Waals surface area contributed by atoms with Crippen LogP contribution in [0.5, 0.6) is 0 Å². The third-order valence-corrected chi connectivity index (χ3v) is 4.70. The standard InChI is InChI=1S/C19H15BrClN3O3/c20-15-6-2-4-8-17(15)23-18(25)12-27-19(26)14-9-22-24(11-14)10-13-5-1-3-7-16(13)21/h1-9,11H,10,12H2,(H,23,25). The molecule has 27 heavy (non-hydrogen) atoms. The zero-order chi connectivity index (χ0) is 19.2. The lowest BCUT2D eigenvalue weighted by Crippen LogP contribution is -2.21. The van der Waals surface area contributed by atoms with E-state index in [1.807, 2.05) is 24.3 Å². The molecule has 1 N–H and O–H groups in total. The lowest BCUT2D eigenvalue weighted by atomic mass is 10.2. The van der Waals surface area contributed by atoms with Gasteiger partial charge in [0.2, 0.25) is 0 Å². The lowest BCUT2D eigenvalue weighted by molar-refractivity contribution is -0.119. The molecular weight excluding hydrogens is 434 g/mol. The van der Waals surface area contributed by atoms with E-state index in [2.05, 4.69) is 26.3 Å². The minimum Gasteiger partial charge on any atom is -0.452 e. The van der Waals surface area contributed by atoms with Crippen molar-refractivity contribution in [3.05, 3.63) is 81.5 Å². The molecule has 1 heterocycles. The second-order valence-corrected chi connectivity index (χ2v) is 6.88. The summed E-state index contributed by atoms with van der Waals surface area (Å²) < 4.78 is 7.37. The lowest BCUT2D eigenvalue weighted by Gasteiger charge is -2.07.